The molecule has 0 aliphatic carbocycles. The number of hydrogen-bond acceptors (Lipinski definition) is 7. The van der Waals surface area contributed by atoms with Crippen molar-refractivity contribution in [2.45, 2.75) is 4.90 Å². The van der Waals surface area contributed by atoms with Crippen molar-refractivity contribution < 1.29 is 32.1 Å². The van der Waals surface area contributed by atoms with Gasteiger partial charge in [0, 0.05) is 6.07 Å². The number of carbonyl (C=O) groups excluding carboxylic acids is 3. The predicted octanol–water partition coefficient (Wildman–Crippen LogP) is 0.948. The fourth-order valence-corrected chi connectivity index (χ4v) is 3.02. The molecule has 1 aromatic carbocycles. The Morgan fingerprint density at radius 2 is 1.71 bits per heavy atom. The number of rotatable bonds is 3. The van der Waals surface area contributed by atoms with Gasteiger partial charge in [-0.15, -0.1) is 0 Å². The molecule has 0 unspecified atom stereocenters. The van der Waals surface area contributed by atoms with Gasteiger partial charge >= 0.3 is 5.97 Å². The molecule has 3 rings (SSSR count). The van der Waals surface area contributed by atoms with Crippen molar-refractivity contribution in [1.29, 1.82) is 0 Å². The number of benzene rings is 1. The fraction of sp³-hybridized carbons (Fsp3) is 0. The summed E-state index contributed by atoms with van der Waals surface area (Å²) in [5, 5.41) is 4.50. The van der Waals surface area contributed by atoms with Crippen LogP contribution in [0.5, 0.6) is 0 Å². The molecule has 1 aliphatic rings. The summed E-state index contributed by atoms with van der Waals surface area (Å²) in [7, 11) is -4.22. The minimum absolute atomic E-state index is 0.0676. The highest BCUT2D eigenvalue weighted by atomic mass is 35.5. The first-order valence-electron chi connectivity index (χ1n) is 6.22. The van der Waals surface area contributed by atoms with Crippen LogP contribution in [0.1, 0.15) is 31.3 Å². The number of furan rings is 1. The van der Waals surface area contributed by atoms with Crippen LogP contribution in [0.2, 0.25) is 5.22 Å². The highest BCUT2D eigenvalue weighted by molar-refractivity contribution is 7.89. The summed E-state index contributed by atoms with van der Waals surface area (Å²) >= 11 is 5.54. The molecule has 2 amide bonds. The lowest BCUT2D eigenvalue weighted by Crippen LogP contribution is -2.32. The molecule has 0 saturated heterocycles. The minimum atomic E-state index is -4.22. The molecule has 124 valence electrons. The highest BCUT2D eigenvalue weighted by Crippen LogP contribution is 2.27. The van der Waals surface area contributed by atoms with E-state index in [-0.39, 0.29) is 16.2 Å². The van der Waals surface area contributed by atoms with Crippen LogP contribution in [-0.4, -0.2) is 31.3 Å². The number of nitrogens with two attached hydrogens (primary N) is 1. The number of halogens is 1. The lowest BCUT2D eigenvalue weighted by atomic mass is 10.1. The topological polar surface area (TPSA) is 137 Å². The van der Waals surface area contributed by atoms with Gasteiger partial charge in [-0.25, -0.2) is 18.4 Å². The van der Waals surface area contributed by atoms with E-state index in [1.54, 1.807) is 12.1 Å². The van der Waals surface area contributed by atoms with E-state index in [0.29, 0.717) is 0 Å². The van der Waals surface area contributed by atoms with Crippen LogP contribution < -0.4 is 5.14 Å². The summed E-state index contributed by atoms with van der Waals surface area (Å²) in [5.41, 5.74) is 0.135. The second kappa shape index (κ2) is 5.44. The molecular formula is C13H7ClN2O7S. The summed E-state index contributed by atoms with van der Waals surface area (Å²) in [6.07, 6.45) is 0. The number of amides is 2. The molecule has 0 atom stereocenters. The van der Waals surface area contributed by atoms with Gasteiger partial charge < -0.3 is 9.25 Å². The first-order valence-corrected chi connectivity index (χ1v) is 8.15. The molecule has 0 spiro atoms. The van der Waals surface area contributed by atoms with Crippen molar-refractivity contribution in [1.82, 2.24) is 5.06 Å². The van der Waals surface area contributed by atoms with Crippen LogP contribution >= 0.6 is 11.6 Å². The maximum atomic E-state index is 12.1. The Hall–Kier alpha value is -2.69. The van der Waals surface area contributed by atoms with Crippen LogP contribution in [-0.2, 0) is 14.9 Å². The van der Waals surface area contributed by atoms with Crippen molar-refractivity contribution in [2.24, 2.45) is 5.14 Å². The van der Waals surface area contributed by atoms with Crippen LogP contribution in [0, 0.1) is 0 Å². The molecule has 1 aromatic heterocycles. The zero-order chi connectivity index (χ0) is 17.6. The summed E-state index contributed by atoms with van der Waals surface area (Å²) in [6, 6.07) is 6.61. The van der Waals surface area contributed by atoms with E-state index in [9.17, 15) is 22.8 Å². The number of hydrogen-bond donors (Lipinski definition) is 1. The number of carbonyl (C=O) groups is 3. The molecule has 0 radical (unpaired) electrons. The lowest BCUT2D eigenvalue weighted by molar-refractivity contribution is -0.0603. The molecule has 24 heavy (non-hydrogen) atoms. The third kappa shape index (κ3) is 2.56. The molecule has 9 nitrogen and oxygen atoms in total. The van der Waals surface area contributed by atoms with Gasteiger partial charge in [-0.1, -0.05) is 17.2 Å². The van der Waals surface area contributed by atoms with Gasteiger partial charge in [0.2, 0.25) is 21.0 Å². The maximum Gasteiger partial charge on any atom is 0.399 e. The number of hydroxylamine groups is 2. The molecule has 2 aromatic rings. The van der Waals surface area contributed by atoms with Gasteiger partial charge in [-0.05, 0) is 23.7 Å². The largest absolute Gasteiger partial charge is 0.436 e. The van der Waals surface area contributed by atoms with Crippen LogP contribution in [0.25, 0.3) is 0 Å². The van der Waals surface area contributed by atoms with Crippen molar-refractivity contribution in [3.63, 3.8) is 0 Å². The van der Waals surface area contributed by atoms with Gasteiger partial charge in [0.15, 0.2) is 0 Å². The minimum Gasteiger partial charge on any atom is -0.436 e. The van der Waals surface area contributed by atoms with Gasteiger partial charge in [0.25, 0.3) is 11.8 Å². The quantitative estimate of drug-likeness (QED) is 0.794. The highest BCUT2D eigenvalue weighted by Gasteiger charge is 2.39. The SMILES string of the molecule is NS(=O)(=O)c1cc(C(=O)ON2C(=O)c3ccccc3C2=O)oc1Cl. The van der Waals surface area contributed by atoms with E-state index in [0.717, 1.165) is 6.07 Å². The Morgan fingerprint density at radius 3 is 2.17 bits per heavy atom. The monoisotopic (exact) mass is 370 g/mol. The van der Waals surface area contributed by atoms with Crippen LogP contribution in [0.4, 0.5) is 0 Å². The van der Waals surface area contributed by atoms with Crippen LogP contribution in [0.3, 0.4) is 0 Å². The van der Waals surface area contributed by atoms with Crippen molar-refractivity contribution in [3.8, 4) is 0 Å². The summed E-state index contributed by atoms with van der Waals surface area (Å²) < 4.78 is 27.2. The zero-order valence-electron chi connectivity index (χ0n) is 11.6. The standard InChI is InChI=1S/C13H7ClN2O7S/c14-10-9(24(15,20)21)5-8(22-10)13(19)23-16-11(17)6-3-1-2-4-7(6)12(16)18/h1-5H,(H2,15,20,21). The third-order valence-electron chi connectivity index (χ3n) is 3.09. The lowest BCUT2D eigenvalue weighted by Gasteiger charge is -2.11. The number of sulfonamides is 1. The summed E-state index contributed by atoms with van der Waals surface area (Å²) in [6.45, 7) is 0. The number of imide groups is 1. The van der Waals surface area contributed by atoms with E-state index >= 15 is 0 Å². The van der Waals surface area contributed by atoms with Gasteiger partial charge in [0.1, 0.15) is 4.90 Å². The van der Waals surface area contributed by atoms with Gasteiger partial charge in [-0.2, -0.15) is 0 Å². The number of primary sulfonamides is 1. The zero-order valence-corrected chi connectivity index (χ0v) is 13.1. The Morgan fingerprint density at radius 1 is 1.17 bits per heavy atom. The van der Waals surface area contributed by atoms with E-state index in [4.69, 9.17) is 26.0 Å². The maximum absolute atomic E-state index is 12.1. The molecule has 2 N–H and O–H groups in total. The smallest absolute Gasteiger partial charge is 0.399 e. The van der Waals surface area contributed by atoms with E-state index in [1.807, 2.05) is 0 Å². The van der Waals surface area contributed by atoms with Crippen molar-refractivity contribution >= 4 is 39.4 Å². The summed E-state index contributed by atoms with van der Waals surface area (Å²) in [5.74, 6) is -3.61. The Labute approximate surface area is 139 Å². The molecule has 0 saturated carbocycles. The Kier molecular flexibility index (Phi) is 3.67. The molecule has 11 heteroatoms. The molecule has 0 bridgehead atoms. The van der Waals surface area contributed by atoms with Crippen molar-refractivity contribution in [3.05, 3.63) is 52.4 Å². The first kappa shape index (κ1) is 16.2. The van der Waals surface area contributed by atoms with Crippen LogP contribution in [0.15, 0.2) is 39.6 Å². The number of fused-ring (bicyclic) bond motifs is 1. The molecule has 0 fully saturated rings. The average molecular weight is 371 g/mol. The average Bonchev–Trinajstić information content (AvgIpc) is 3.02. The third-order valence-corrected chi connectivity index (χ3v) is 4.40. The second-order valence-electron chi connectivity index (χ2n) is 4.62. The van der Waals surface area contributed by atoms with Gasteiger partial charge in [0.05, 0.1) is 11.1 Å². The first-order chi connectivity index (χ1) is 11.2. The van der Waals surface area contributed by atoms with Crippen molar-refractivity contribution in [2.75, 3.05) is 0 Å². The van der Waals surface area contributed by atoms with E-state index in [1.165, 1.54) is 12.1 Å². The molecule has 1 aliphatic heterocycles. The molecule has 2 heterocycles. The van der Waals surface area contributed by atoms with E-state index < -0.39 is 43.7 Å². The van der Waals surface area contributed by atoms with E-state index in [2.05, 4.69) is 0 Å². The fourth-order valence-electron chi connectivity index (χ4n) is 2.02. The Bertz CT molecular complexity index is 960. The normalized spacial score (nSPS) is 14.0. The Balaban J connectivity index is 1.87. The predicted molar refractivity (Wildman–Crippen MR) is 77.4 cm³/mol. The second-order valence-corrected chi connectivity index (χ2v) is 6.50. The number of nitrogens with zero attached hydrogens (tertiary/aromatic N) is 1. The molecular weight excluding hydrogens is 364 g/mol. The summed E-state index contributed by atoms with van der Waals surface area (Å²) in [4.78, 5) is 40.2. The van der Waals surface area contributed by atoms with Gasteiger partial charge in [-0.3, -0.25) is 9.59 Å².